The molecule has 2 aliphatic rings. The van der Waals surface area contributed by atoms with Crippen LogP contribution in [0.25, 0.3) is 22.2 Å². The summed E-state index contributed by atoms with van der Waals surface area (Å²) in [6.07, 6.45) is 2.55. The molecule has 2 aromatic heterocycles. The van der Waals surface area contributed by atoms with E-state index < -0.39 is 5.76 Å². The van der Waals surface area contributed by atoms with Gasteiger partial charge in [0.05, 0.1) is 17.2 Å². The molecular weight excluding hydrogens is 570 g/mol. The Hall–Kier alpha value is -4.96. The molecule has 7 rings (SSSR count). The molecule has 230 valence electrons. The topological polar surface area (TPSA) is 126 Å². The number of fused-ring (bicyclic) bond motifs is 3. The highest BCUT2D eigenvalue weighted by atomic mass is 16.5. The van der Waals surface area contributed by atoms with E-state index in [1.807, 2.05) is 54.3 Å². The Morgan fingerprint density at radius 2 is 1.89 bits per heavy atom. The van der Waals surface area contributed by atoms with Crippen molar-refractivity contribution in [2.24, 2.45) is 0 Å². The van der Waals surface area contributed by atoms with Gasteiger partial charge in [-0.1, -0.05) is 48.5 Å². The Balaban J connectivity index is 1.28. The number of carbonyl (C=O) groups is 1. The molecule has 1 amide bonds. The van der Waals surface area contributed by atoms with Crippen molar-refractivity contribution >= 4 is 28.1 Å². The molecule has 0 atom stereocenters. The van der Waals surface area contributed by atoms with E-state index in [-0.39, 0.29) is 12.0 Å². The van der Waals surface area contributed by atoms with Crippen LogP contribution in [0.2, 0.25) is 0 Å². The second-order valence-electron chi connectivity index (χ2n) is 11.8. The maximum Gasteiger partial charge on any atom is 0.439 e. The average molecular weight is 606 g/mol. The number of H-pyrrole nitrogens is 1. The highest BCUT2D eigenvalue weighted by Crippen LogP contribution is 2.40. The molecule has 0 unspecified atom stereocenters. The van der Waals surface area contributed by atoms with Gasteiger partial charge < -0.3 is 19.3 Å². The van der Waals surface area contributed by atoms with Gasteiger partial charge in [0, 0.05) is 37.2 Å². The van der Waals surface area contributed by atoms with Gasteiger partial charge in [0.1, 0.15) is 23.7 Å². The maximum atomic E-state index is 13.6. The number of aromatic amines is 1. The van der Waals surface area contributed by atoms with Gasteiger partial charge >= 0.3 is 5.76 Å². The number of aliphatic hydroxyl groups is 1. The largest absolute Gasteiger partial charge is 0.488 e. The van der Waals surface area contributed by atoms with E-state index in [9.17, 15) is 14.7 Å². The monoisotopic (exact) mass is 605 g/mol. The molecule has 0 saturated carbocycles. The summed E-state index contributed by atoms with van der Waals surface area (Å²) in [4.78, 5) is 34.9. The smallest absolute Gasteiger partial charge is 0.439 e. The number of carbonyl (C=O) groups excluding carboxylic acids is 1. The molecular formula is C35H35N5O5. The number of aliphatic hydroxyl groups excluding tert-OH is 1. The Morgan fingerprint density at radius 1 is 1.07 bits per heavy atom. The van der Waals surface area contributed by atoms with Gasteiger partial charge in [0.25, 0.3) is 5.91 Å². The Labute approximate surface area is 260 Å². The van der Waals surface area contributed by atoms with Crippen LogP contribution in [-0.2, 0) is 19.6 Å². The first-order valence-electron chi connectivity index (χ1n) is 15.5. The summed E-state index contributed by atoms with van der Waals surface area (Å²) in [6.45, 7) is 6.09. The van der Waals surface area contributed by atoms with E-state index in [2.05, 4.69) is 39.8 Å². The number of aromatic nitrogens is 4. The third-order valence-electron chi connectivity index (χ3n) is 8.80. The first-order valence-corrected chi connectivity index (χ1v) is 15.5. The van der Waals surface area contributed by atoms with Gasteiger partial charge in [0.15, 0.2) is 5.82 Å². The van der Waals surface area contributed by atoms with Gasteiger partial charge in [-0.2, -0.15) is 0 Å². The molecule has 0 spiro atoms. The third kappa shape index (κ3) is 5.35. The van der Waals surface area contributed by atoms with Crippen LogP contribution >= 0.6 is 0 Å². The van der Waals surface area contributed by atoms with Crippen molar-refractivity contribution in [1.82, 2.24) is 24.6 Å². The van der Waals surface area contributed by atoms with E-state index >= 15 is 0 Å². The standard InChI is InChI=1S/C35H35N5O5/c1-3-7-30-36-32-27(34(42)39-16-14-24(41)15-17-39)9-6-10-28(32)40(30)19-22-12-13-25-23(18-22)20-44-29-11-5-4-8-26(29)31(25)21(2)33-37-35(43)45-38-33/h4-6,8-13,18,24,41H,3,7,14-17,19-20H2,1-2H3,(H,37,38,43)/b31-21-. The molecule has 4 heterocycles. The number of ether oxygens (including phenoxy) is 1. The lowest BCUT2D eigenvalue weighted by atomic mass is 9.89. The Morgan fingerprint density at radius 3 is 2.67 bits per heavy atom. The van der Waals surface area contributed by atoms with Crippen molar-refractivity contribution in [2.75, 3.05) is 13.1 Å². The lowest BCUT2D eigenvalue weighted by Gasteiger charge is -2.29. The van der Waals surface area contributed by atoms with Gasteiger partial charge in [-0.15, -0.1) is 0 Å². The van der Waals surface area contributed by atoms with E-state index in [0.717, 1.165) is 63.3 Å². The molecule has 45 heavy (non-hydrogen) atoms. The summed E-state index contributed by atoms with van der Waals surface area (Å²) >= 11 is 0. The van der Waals surface area contributed by atoms with Crippen LogP contribution in [0.1, 0.15) is 77.4 Å². The minimum Gasteiger partial charge on any atom is -0.488 e. The van der Waals surface area contributed by atoms with Crippen molar-refractivity contribution in [3.63, 3.8) is 0 Å². The van der Waals surface area contributed by atoms with Crippen LogP contribution in [-0.4, -0.2) is 54.8 Å². The number of allylic oxidation sites excluding steroid dienone is 1. The molecule has 0 bridgehead atoms. The summed E-state index contributed by atoms with van der Waals surface area (Å²) in [5, 5.41) is 13.9. The molecule has 3 aromatic carbocycles. The second-order valence-corrected chi connectivity index (χ2v) is 11.8. The number of likely N-dealkylation sites (tertiary alicyclic amines) is 1. The molecule has 2 N–H and O–H groups in total. The zero-order valence-corrected chi connectivity index (χ0v) is 25.4. The van der Waals surface area contributed by atoms with Crippen LogP contribution in [0.15, 0.2) is 70.0 Å². The number of hydrogen-bond donors (Lipinski definition) is 2. The van der Waals surface area contributed by atoms with Gasteiger partial charge in [-0.05, 0) is 72.7 Å². The fourth-order valence-corrected chi connectivity index (χ4v) is 6.50. The summed E-state index contributed by atoms with van der Waals surface area (Å²) in [7, 11) is 0. The first-order chi connectivity index (χ1) is 21.9. The van der Waals surface area contributed by atoms with Crippen LogP contribution in [0.3, 0.4) is 0 Å². The van der Waals surface area contributed by atoms with Crippen molar-refractivity contribution in [3.8, 4) is 5.75 Å². The molecule has 10 heteroatoms. The third-order valence-corrected chi connectivity index (χ3v) is 8.80. The maximum absolute atomic E-state index is 13.6. The summed E-state index contributed by atoms with van der Waals surface area (Å²) in [6, 6.07) is 20.1. The lowest BCUT2D eigenvalue weighted by Crippen LogP contribution is -2.40. The van der Waals surface area contributed by atoms with E-state index in [0.29, 0.717) is 56.0 Å². The predicted octanol–water partition coefficient (Wildman–Crippen LogP) is 5.18. The molecule has 2 aliphatic heterocycles. The molecule has 0 radical (unpaired) electrons. The van der Waals surface area contributed by atoms with Crippen LogP contribution in [0.4, 0.5) is 0 Å². The quantitative estimate of drug-likeness (QED) is 0.273. The van der Waals surface area contributed by atoms with Gasteiger partial charge in [-0.25, -0.2) is 9.78 Å². The van der Waals surface area contributed by atoms with Gasteiger partial charge in [-0.3, -0.25) is 14.3 Å². The summed E-state index contributed by atoms with van der Waals surface area (Å²) < 4.78 is 13.3. The highest BCUT2D eigenvalue weighted by molar-refractivity contribution is 6.05. The van der Waals surface area contributed by atoms with Crippen molar-refractivity contribution in [3.05, 3.63) is 111 Å². The van der Waals surface area contributed by atoms with E-state index in [1.165, 1.54) is 0 Å². The van der Waals surface area contributed by atoms with E-state index in [1.54, 1.807) is 0 Å². The minimum atomic E-state index is -0.603. The fourth-order valence-electron chi connectivity index (χ4n) is 6.50. The molecule has 5 aromatic rings. The number of imidazole rings is 1. The van der Waals surface area contributed by atoms with E-state index in [4.69, 9.17) is 14.2 Å². The average Bonchev–Trinajstić information content (AvgIpc) is 3.59. The second kappa shape index (κ2) is 11.9. The Kier molecular flexibility index (Phi) is 7.58. The zero-order chi connectivity index (χ0) is 31.1. The molecule has 1 saturated heterocycles. The zero-order valence-electron chi connectivity index (χ0n) is 25.4. The van der Waals surface area contributed by atoms with Crippen molar-refractivity contribution in [2.45, 2.75) is 58.8 Å². The Bertz CT molecular complexity index is 1990. The summed E-state index contributed by atoms with van der Waals surface area (Å²) in [5.41, 5.74) is 7.93. The number of piperidine rings is 1. The lowest BCUT2D eigenvalue weighted by molar-refractivity contribution is 0.0548. The number of nitrogens with one attached hydrogen (secondary N) is 1. The van der Waals surface area contributed by atoms with Crippen LogP contribution in [0.5, 0.6) is 5.75 Å². The number of nitrogens with zero attached hydrogens (tertiary/aromatic N) is 4. The first kappa shape index (κ1) is 28.8. The SMILES string of the molecule is CCCc1nc2c(C(=O)N3CCC(O)CC3)cccc2n1Cc1ccc2c(c1)COc1ccccc1/C2=C(/C)c1noc(=O)[nH]1. The number of rotatable bonds is 6. The normalized spacial score (nSPS) is 16.2. The molecule has 0 aliphatic carbocycles. The van der Waals surface area contributed by atoms with Crippen LogP contribution < -0.4 is 10.5 Å². The number of hydrogen-bond acceptors (Lipinski definition) is 7. The fraction of sp³-hybridized carbons (Fsp3) is 0.314. The van der Waals surface area contributed by atoms with Crippen LogP contribution in [0, 0.1) is 0 Å². The molecule has 1 fully saturated rings. The summed E-state index contributed by atoms with van der Waals surface area (Å²) in [5.74, 6) is 1.43. The predicted molar refractivity (Wildman–Crippen MR) is 170 cm³/mol. The number of amides is 1. The molecule has 10 nitrogen and oxygen atoms in total. The van der Waals surface area contributed by atoms with Gasteiger partial charge in [0.2, 0.25) is 0 Å². The minimum absolute atomic E-state index is 0.0370. The highest BCUT2D eigenvalue weighted by Gasteiger charge is 2.26. The number of para-hydroxylation sites is 2. The van der Waals surface area contributed by atoms with Crippen molar-refractivity contribution in [1.29, 1.82) is 0 Å². The number of aryl methyl sites for hydroxylation is 1. The van der Waals surface area contributed by atoms with Crippen molar-refractivity contribution < 1.29 is 19.2 Å². The number of benzene rings is 3.